The molecule has 0 unspecified atom stereocenters. The molecule has 0 aliphatic carbocycles. The van der Waals surface area contributed by atoms with Gasteiger partial charge in [-0.05, 0) is 49.7 Å². The number of pyridine rings is 1. The molecule has 0 aromatic carbocycles. The summed E-state index contributed by atoms with van der Waals surface area (Å²) in [6.07, 6.45) is 5.78. The summed E-state index contributed by atoms with van der Waals surface area (Å²) in [6, 6.07) is 3.44. The topological polar surface area (TPSA) is 53.5 Å². The summed E-state index contributed by atoms with van der Waals surface area (Å²) in [5.41, 5.74) is 1.02. The molecule has 0 bridgehead atoms. The standard InChI is InChI=1S/C19H27N3O2/c1-14-5-9-21(10-6-14)18(23)16-3-4-17(20-13-16)19(24)22-11-7-15(2)8-12-22/h3-4,13-15H,5-12H2,1-2H3. The number of piperidine rings is 2. The summed E-state index contributed by atoms with van der Waals surface area (Å²) in [5.74, 6) is 1.39. The van der Waals surface area contributed by atoms with Crippen molar-refractivity contribution in [3.63, 3.8) is 0 Å². The van der Waals surface area contributed by atoms with Crippen molar-refractivity contribution in [1.82, 2.24) is 14.8 Å². The predicted molar refractivity (Wildman–Crippen MR) is 92.8 cm³/mol. The normalized spacial score (nSPS) is 20.2. The van der Waals surface area contributed by atoms with Crippen LogP contribution in [0.25, 0.3) is 0 Å². The highest BCUT2D eigenvalue weighted by Gasteiger charge is 2.24. The van der Waals surface area contributed by atoms with E-state index in [1.807, 2.05) is 9.80 Å². The smallest absolute Gasteiger partial charge is 0.272 e. The molecule has 0 atom stereocenters. The van der Waals surface area contributed by atoms with Crippen molar-refractivity contribution >= 4 is 11.8 Å². The number of carbonyl (C=O) groups excluding carboxylic acids is 2. The zero-order valence-corrected chi connectivity index (χ0v) is 14.7. The van der Waals surface area contributed by atoms with E-state index in [-0.39, 0.29) is 11.8 Å². The van der Waals surface area contributed by atoms with Gasteiger partial charge in [0.05, 0.1) is 5.56 Å². The van der Waals surface area contributed by atoms with Gasteiger partial charge >= 0.3 is 0 Å². The Labute approximate surface area is 144 Å². The van der Waals surface area contributed by atoms with Gasteiger partial charge in [0.25, 0.3) is 11.8 Å². The lowest BCUT2D eigenvalue weighted by atomic mass is 9.98. The molecule has 3 rings (SSSR count). The molecule has 5 nitrogen and oxygen atoms in total. The fraction of sp³-hybridized carbons (Fsp3) is 0.632. The second-order valence-corrected chi connectivity index (χ2v) is 7.38. The molecular weight excluding hydrogens is 302 g/mol. The van der Waals surface area contributed by atoms with E-state index >= 15 is 0 Å². The number of carbonyl (C=O) groups is 2. The maximum atomic E-state index is 12.5. The Balaban J connectivity index is 1.62. The van der Waals surface area contributed by atoms with Crippen LogP contribution in [0, 0.1) is 11.8 Å². The second-order valence-electron chi connectivity index (χ2n) is 7.38. The Bertz CT molecular complexity index is 530. The number of hydrogen-bond donors (Lipinski definition) is 0. The average molecular weight is 329 g/mol. The molecule has 2 fully saturated rings. The Kier molecular flexibility index (Phi) is 5.17. The van der Waals surface area contributed by atoms with Crippen LogP contribution in [0.4, 0.5) is 0 Å². The molecule has 0 saturated carbocycles. The Hall–Kier alpha value is -1.91. The third-order valence-electron chi connectivity index (χ3n) is 5.37. The summed E-state index contributed by atoms with van der Waals surface area (Å²) in [7, 11) is 0. The SMILES string of the molecule is CC1CCN(C(=O)c2ccc(C(=O)N3CCC(C)CC3)nc2)CC1. The summed E-state index contributed by atoms with van der Waals surface area (Å²) < 4.78 is 0. The van der Waals surface area contributed by atoms with Gasteiger partial charge < -0.3 is 9.80 Å². The van der Waals surface area contributed by atoms with Crippen LogP contribution in [0.2, 0.25) is 0 Å². The van der Waals surface area contributed by atoms with Crippen LogP contribution >= 0.6 is 0 Å². The van der Waals surface area contributed by atoms with E-state index in [9.17, 15) is 9.59 Å². The molecule has 0 N–H and O–H groups in total. The zero-order chi connectivity index (χ0) is 17.1. The molecule has 0 radical (unpaired) electrons. The van der Waals surface area contributed by atoms with Crippen LogP contribution in [0.15, 0.2) is 18.3 Å². The first-order valence-corrected chi connectivity index (χ1v) is 9.09. The first-order chi connectivity index (χ1) is 11.5. The monoisotopic (exact) mass is 329 g/mol. The van der Waals surface area contributed by atoms with Crippen molar-refractivity contribution in [2.24, 2.45) is 11.8 Å². The van der Waals surface area contributed by atoms with Gasteiger partial charge in [-0.15, -0.1) is 0 Å². The van der Waals surface area contributed by atoms with Crippen LogP contribution in [0.1, 0.15) is 60.4 Å². The van der Waals surface area contributed by atoms with Gasteiger partial charge in [0.15, 0.2) is 0 Å². The van der Waals surface area contributed by atoms with Gasteiger partial charge in [-0.3, -0.25) is 14.6 Å². The fourth-order valence-electron chi connectivity index (χ4n) is 3.41. The molecule has 24 heavy (non-hydrogen) atoms. The van der Waals surface area contributed by atoms with Crippen molar-refractivity contribution in [1.29, 1.82) is 0 Å². The number of likely N-dealkylation sites (tertiary alicyclic amines) is 2. The van der Waals surface area contributed by atoms with E-state index in [0.29, 0.717) is 23.1 Å². The van der Waals surface area contributed by atoms with Gasteiger partial charge in [0.1, 0.15) is 5.69 Å². The van der Waals surface area contributed by atoms with Gasteiger partial charge in [0.2, 0.25) is 0 Å². The van der Waals surface area contributed by atoms with Crippen molar-refractivity contribution in [2.45, 2.75) is 39.5 Å². The third kappa shape index (κ3) is 3.77. The Morgan fingerprint density at radius 3 is 1.83 bits per heavy atom. The average Bonchev–Trinajstić information content (AvgIpc) is 2.62. The molecule has 2 amide bonds. The Morgan fingerprint density at radius 2 is 1.38 bits per heavy atom. The summed E-state index contributed by atoms with van der Waals surface area (Å²) >= 11 is 0. The lowest BCUT2D eigenvalue weighted by Gasteiger charge is -2.30. The molecule has 5 heteroatoms. The summed E-state index contributed by atoms with van der Waals surface area (Å²) in [5, 5.41) is 0. The van der Waals surface area contributed by atoms with Crippen LogP contribution in [-0.2, 0) is 0 Å². The number of hydrogen-bond acceptors (Lipinski definition) is 3. The van der Waals surface area contributed by atoms with Gasteiger partial charge in [-0.25, -0.2) is 0 Å². The first kappa shape index (κ1) is 16.9. The molecule has 130 valence electrons. The summed E-state index contributed by atoms with van der Waals surface area (Å²) in [4.78, 5) is 33.0. The molecule has 2 aliphatic rings. The van der Waals surface area contributed by atoms with Crippen LogP contribution < -0.4 is 0 Å². The highest BCUT2D eigenvalue weighted by atomic mass is 16.2. The molecule has 2 aliphatic heterocycles. The highest BCUT2D eigenvalue weighted by molar-refractivity contribution is 5.96. The quantitative estimate of drug-likeness (QED) is 0.838. The minimum atomic E-state index is -0.0207. The van der Waals surface area contributed by atoms with Crippen molar-refractivity contribution < 1.29 is 9.59 Å². The highest BCUT2D eigenvalue weighted by Crippen LogP contribution is 2.19. The Morgan fingerprint density at radius 1 is 0.875 bits per heavy atom. The van der Waals surface area contributed by atoms with E-state index in [2.05, 4.69) is 18.8 Å². The van der Waals surface area contributed by atoms with E-state index in [1.165, 1.54) is 0 Å². The van der Waals surface area contributed by atoms with Gasteiger partial charge in [0, 0.05) is 32.4 Å². The van der Waals surface area contributed by atoms with Crippen molar-refractivity contribution in [3.05, 3.63) is 29.6 Å². The summed E-state index contributed by atoms with van der Waals surface area (Å²) in [6.45, 7) is 7.68. The van der Waals surface area contributed by atoms with Crippen LogP contribution in [0.5, 0.6) is 0 Å². The molecule has 2 saturated heterocycles. The first-order valence-electron chi connectivity index (χ1n) is 9.09. The van der Waals surface area contributed by atoms with Crippen LogP contribution in [0.3, 0.4) is 0 Å². The third-order valence-corrected chi connectivity index (χ3v) is 5.37. The van der Waals surface area contributed by atoms with Gasteiger partial charge in [-0.2, -0.15) is 0 Å². The van der Waals surface area contributed by atoms with Crippen molar-refractivity contribution in [2.75, 3.05) is 26.2 Å². The van der Waals surface area contributed by atoms with Crippen LogP contribution in [-0.4, -0.2) is 52.8 Å². The van der Waals surface area contributed by atoms with E-state index in [1.54, 1.807) is 18.3 Å². The molecule has 3 heterocycles. The number of nitrogens with zero attached hydrogens (tertiary/aromatic N) is 3. The fourth-order valence-corrected chi connectivity index (χ4v) is 3.41. The molecule has 1 aromatic heterocycles. The number of rotatable bonds is 2. The zero-order valence-electron chi connectivity index (χ0n) is 14.7. The molecule has 0 spiro atoms. The van der Waals surface area contributed by atoms with Gasteiger partial charge in [-0.1, -0.05) is 13.8 Å². The van der Waals surface area contributed by atoms with E-state index in [0.717, 1.165) is 51.9 Å². The number of aromatic nitrogens is 1. The van der Waals surface area contributed by atoms with Crippen molar-refractivity contribution in [3.8, 4) is 0 Å². The maximum Gasteiger partial charge on any atom is 0.272 e. The van der Waals surface area contributed by atoms with E-state index in [4.69, 9.17) is 0 Å². The maximum absolute atomic E-state index is 12.5. The largest absolute Gasteiger partial charge is 0.339 e. The lowest BCUT2D eigenvalue weighted by Crippen LogP contribution is -2.39. The lowest BCUT2D eigenvalue weighted by molar-refractivity contribution is 0.0680. The minimum Gasteiger partial charge on any atom is -0.339 e. The second kappa shape index (κ2) is 7.32. The molecule has 1 aromatic rings. The van der Waals surface area contributed by atoms with E-state index < -0.39 is 0 Å². The predicted octanol–water partition coefficient (Wildman–Crippen LogP) is 2.83. The number of amides is 2. The minimum absolute atomic E-state index is 0.0207. The molecular formula is C19H27N3O2.